The molecule has 0 aliphatic rings. The van der Waals surface area contributed by atoms with Gasteiger partial charge in [0.05, 0.1) is 18.2 Å². The molecule has 0 unspecified atom stereocenters. The number of hydrogen-bond acceptors (Lipinski definition) is 2. The summed E-state index contributed by atoms with van der Waals surface area (Å²) in [7, 11) is 1.36. The number of hydrogen-bond donors (Lipinski definition) is 0. The number of nitrogens with zero attached hydrogens (tertiary/aromatic N) is 1. The Kier molecular flexibility index (Phi) is 2.17. The van der Waals surface area contributed by atoms with E-state index in [0.29, 0.717) is 5.56 Å². The molecule has 2 rings (SSSR count). The molecule has 1 aromatic heterocycles. The van der Waals surface area contributed by atoms with Crippen molar-refractivity contribution in [1.82, 2.24) is 4.09 Å². The Hall–Kier alpha value is -1.48. The number of ether oxygens (including phenoxy) is 1. The third kappa shape index (κ3) is 1.26. The predicted octanol–water partition coefficient (Wildman–Crippen LogP) is 2.43. The number of benzene rings is 1. The molecule has 0 saturated heterocycles. The van der Waals surface area contributed by atoms with E-state index in [2.05, 4.69) is 4.74 Å². The number of halogens is 1. The van der Waals surface area contributed by atoms with Crippen molar-refractivity contribution in [1.29, 1.82) is 0 Å². The van der Waals surface area contributed by atoms with E-state index in [4.69, 9.17) is 11.8 Å². The maximum Gasteiger partial charge on any atom is 0.338 e. The third-order valence-electron chi connectivity index (χ3n) is 2.09. The molecule has 0 atom stereocenters. The van der Waals surface area contributed by atoms with Crippen LogP contribution in [0.5, 0.6) is 0 Å². The predicted molar refractivity (Wildman–Crippen MR) is 54.5 cm³/mol. The van der Waals surface area contributed by atoms with Gasteiger partial charge in [0.25, 0.3) is 0 Å². The Morgan fingerprint density at radius 1 is 1.43 bits per heavy atom. The standard InChI is InChI=1S/C10H8ClNO2/c1-14-10(13)8-3-2-4-9-7(8)5-6-12(9)11/h2-6H,1H3. The smallest absolute Gasteiger partial charge is 0.338 e. The van der Waals surface area contributed by atoms with Gasteiger partial charge in [-0.05, 0) is 18.2 Å². The molecule has 0 radical (unpaired) electrons. The Morgan fingerprint density at radius 3 is 2.93 bits per heavy atom. The largest absolute Gasteiger partial charge is 0.465 e. The number of carbonyl (C=O) groups is 1. The molecule has 72 valence electrons. The van der Waals surface area contributed by atoms with Gasteiger partial charge in [0.2, 0.25) is 0 Å². The van der Waals surface area contributed by atoms with Crippen LogP contribution in [0.3, 0.4) is 0 Å². The fourth-order valence-corrected chi connectivity index (χ4v) is 1.63. The molecule has 0 spiro atoms. The minimum atomic E-state index is -0.349. The first-order chi connectivity index (χ1) is 6.74. The van der Waals surface area contributed by atoms with Gasteiger partial charge >= 0.3 is 5.97 Å². The van der Waals surface area contributed by atoms with E-state index in [-0.39, 0.29) is 5.97 Å². The van der Waals surface area contributed by atoms with Gasteiger partial charge in [-0.2, -0.15) is 0 Å². The quantitative estimate of drug-likeness (QED) is 0.676. The second-order valence-corrected chi connectivity index (χ2v) is 3.22. The normalized spacial score (nSPS) is 10.4. The minimum Gasteiger partial charge on any atom is -0.465 e. The van der Waals surface area contributed by atoms with Gasteiger partial charge in [0.15, 0.2) is 0 Å². The van der Waals surface area contributed by atoms with E-state index in [1.54, 1.807) is 24.4 Å². The molecule has 0 saturated carbocycles. The molecular formula is C10H8ClNO2. The van der Waals surface area contributed by atoms with Gasteiger partial charge in [0.1, 0.15) is 0 Å². The van der Waals surface area contributed by atoms with Crippen LogP contribution < -0.4 is 0 Å². The molecule has 4 heteroatoms. The lowest BCUT2D eigenvalue weighted by atomic mass is 10.1. The Morgan fingerprint density at radius 2 is 2.21 bits per heavy atom. The van der Waals surface area contributed by atoms with Crippen LogP contribution in [0, 0.1) is 0 Å². The summed E-state index contributed by atoms with van der Waals surface area (Å²) in [4.78, 5) is 11.4. The fraction of sp³-hybridized carbons (Fsp3) is 0.100. The van der Waals surface area contributed by atoms with Gasteiger partial charge in [-0.1, -0.05) is 6.07 Å². The summed E-state index contributed by atoms with van der Waals surface area (Å²) in [6.45, 7) is 0. The second-order valence-electron chi connectivity index (χ2n) is 2.86. The number of rotatable bonds is 1. The summed E-state index contributed by atoms with van der Waals surface area (Å²) >= 11 is 5.86. The van der Waals surface area contributed by atoms with Crippen molar-refractivity contribution in [3.8, 4) is 0 Å². The second kappa shape index (κ2) is 3.35. The van der Waals surface area contributed by atoms with Crippen molar-refractivity contribution in [3.63, 3.8) is 0 Å². The summed E-state index contributed by atoms with van der Waals surface area (Å²) in [5.41, 5.74) is 1.33. The van der Waals surface area contributed by atoms with Gasteiger partial charge in [-0.25, -0.2) is 4.79 Å². The zero-order valence-electron chi connectivity index (χ0n) is 7.53. The molecule has 1 aromatic carbocycles. The van der Waals surface area contributed by atoms with Crippen LogP contribution in [0.25, 0.3) is 10.9 Å². The highest BCUT2D eigenvalue weighted by molar-refractivity contribution is 6.20. The molecule has 0 N–H and O–H groups in total. The van der Waals surface area contributed by atoms with Crippen molar-refractivity contribution < 1.29 is 9.53 Å². The van der Waals surface area contributed by atoms with Crippen LogP contribution >= 0.6 is 11.8 Å². The van der Waals surface area contributed by atoms with Crippen LogP contribution in [-0.4, -0.2) is 17.2 Å². The molecule has 2 aromatic rings. The zero-order valence-corrected chi connectivity index (χ0v) is 8.28. The van der Waals surface area contributed by atoms with E-state index in [0.717, 1.165) is 10.9 Å². The Labute approximate surface area is 86.0 Å². The van der Waals surface area contributed by atoms with Gasteiger partial charge in [-0.3, -0.25) is 4.09 Å². The van der Waals surface area contributed by atoms with E-state index in [1.165, 1.54) is 11.2 Å². The monoisotopic (exact) mass is 209 g/mol. The molecule has 14 heavy (non-hydrogen) atoms. The summed E-state index contributed by atoms with van der Waals surface area (Å²) in [5.74, 6) is -0.349. The maximum atomic E-state index is 11.4. The SMILES string of the molecule is COC(=O)c1cccc2c1ccn2Cl. The van der Waals surface area contributed by atoms with E-state index < -0.39 is 0 Å². The number of methoxy groups -OCH3 is 1. The van der Waals surface area contributed by atoms with Crippen LogP contribution in [0.15, 0.2) is 30.5 Å². The van der Waals surface area contributed by atoms with Crippen molar-refractivity contribution in [2.75, 3.05) is 7.11 Å². The first-order valence-electron chi connectivity index (χ1n) is 4.08. The van der Waals surface area contributed by atoms with Gasteiger partial charge < -0.3 is 4.74 Å². The lowest BCUT2D eigenvalue weighted by Crippen LogP contribution is -2.01. The highest BCUT2D eigenvalue weighted by Crippen LogP contribution is 2.21. The van der Waals surface area contributed by atoms with Crippen LogP contribution in [0.4, 0.5) is 0 Å². The molecule has 1 heterocycles. The van der Waals surface area contributed by atoms with Gasteiger partial charge in [0, 0.05) is 23.4 Å². The molecule has 0 fully saturated rings. The first kappa shape index (κ1) is 9.09. The highest BCUT2D eigenvalue weighted by atomic mass is 35.5. The number of carbonyl (C=O) groups excluding carboxylic acids is 1. The van der Waals surface area contributed by atoms with Crippen molar-refractivity contribution in [2.24, 2.45) is 0 Å². The average Bonchev–Trinajstić information content (AvgIpc) is 2.59. The summed E-state index contributed by atoms with van der Waals surface area (Å²) in [5, 5.41) is 0.800. The lowest BCUT2D eigenvalue weighted by Gasteiger charge is -2.00. The van der Waals surface area contributed by atoms with E-state index in [9.17, 15) is 4.79 Å². The fourth-order valence-electron chi connectivity index (χ4n) is 1.42. The lowest BCUT2D eigenvalue weighted by molar-refractivity contribution is 0.0603. The summed E-state index contributed by atoms with van der Waals surface area (Å²) in [6.07, 6.45) is 1.69. The number of fused-ring (bicyclic) bond motifs is 1. The van der Waals surface area contributed by atoms with Crippen molar-refractivity contribution >= 4 is 28.6 Å². The molecule has 0 aliphatic heterocycles. The molecule has 0 amide bonds. The van der Waals surface area contributed by atoms with E-state index >= 15 is 0 Å². The summed E-state index contributed by atoms with van der Waals surface area (Å²) < 4.78 is 6.11. The van der Waals surface area contributed by atoms with Crippen LogP contribution in [-0.2, 0) is 4.74 Å². The number of esters is 1. The van der Waals surface area contributed by atoms with E-state index in [1.807, 2.05) is 6.07 Å². The van der Waals surface area contributed by atoms with Crippen molar-refractivity contribution in [3.05, 3.63) is 36.0 Å². The maximum absolute atomic E-state index is 11.4. The molecule has 0 aliphatic carbocycles. The molecular weight excluding hydrogens is 202 g/mol. The highest BCUT2D eigenvalue weighted by Gasteiger charge is 2.11. The summed E-state index contributed by atoms with van der Waals surface area (Å²) in [6, 6.07) is 7.11. The average molecular weight is 210 g/mol. The molecule has 3 nitrogen and oxygen atoms in total. The zero-order chi connectivity index (χ0) is 10.1. The molecule has 0 bridgehead atoms. The minimum absolute atomic E-state index is 0.349. The first-order valence-corrected chi connectivity index (χ1v) is 4.42. The number of aromatic nitrogens is 1. The van der Waals surface area contributed by atoms with Crippen molar-refractivity contribution in [2.45, 2.75) is 0 Å². The van der Waals surface area contributed by atoms with Gasteiger partial charge in [-0.15, -0.1) is 0 Å². The van der Waals surface area contributed by atoms with Crippen LogP contribution in [0.2, 0.25) is 0 Å². The Balaban J connectivity index is 2.71. The van der Waals surface area contributed by atoms with Crippen LogP contribution in [0.1, 0.15) is 10.4 Å². The Bertz CT molecular complexity index is 490. The topological polar surface area (TPSA) is 31.2 Å². The third-order valence-corrected chi connectivity index (χ3v) is 2.39.